The number of methoxy groups -OCH3 is 2. The molecule has 2 N–H and O–H groups in total. The van der Waals surface area contributed by atoms with E-state index in [0.717, 1.165) is 12.1 Å². The number of halogens is 3. The number of anilines is 1. The lowest BCUT2D eigenvalue weighted by atomic mass is 10.2. The summed E-state index contributed by atoms with van der Waals surface area (Å²) in [5.41, 5.74) is -0.0326. The van der Waals surface area contributed by atoms with Gasteiger partial charge in [0.25, 0.3) is 11.8 Å². The van der Waals surface area contributed by atoms with Gasteiger partial charge in [-0.1, -0.05) is 11.6 Å². The van der Waals surface area contributed by atoms with Crippen molar-refractivity contribution in [2.45, 2.75) is 12.8 Å². The highest BCUT2D eigenvalue weighted by Gasteiger charge is 2.15. The van der Waals surface area contributed by atoms with Crippen molar-refractivity contribution in [3.05, 3.63) is 52.6 Å². The summed E-state index contributed by atoms with van der Waals surface area (Å²) in [5.74, 6) is -3.12. The van der Waals surface area contributed by atoms with E-state index in [4.69, 9.17) is 25.8 Å². The monoisotopic (exact) mass is 470 g/mol. The molecule has 0 atom stereocenters. The maximum absolute atomic E-state index is 13.5. The van der Waals surface area contributed by atoms with Gasteiger partial charge in [-0.05, 0) is 24.6 Å². The van der Waals surface area contributed by atoms with Crippen LogP contribution in [0.4, 0.5) is 14.5 Å². The molecule has 0 saturated carbocycles. The van der Waals surface area contributed by atoms with Crippen LogP contribution in [0.15, 0.2) is 30.3 Å². The molecule has 2 aromatic rings. The van der Waals surface area contributed by atoms with Gasteiger partial charge in [0.05, 0.1) is 30.5 Å². The molecule has 0 aliphatic carbocycles. The summed E-state index contributed by atoms with van der Waals surface area (Å²) in [6, 6.07) is 5.53. The van der Waals surface area contributed by atoms with Crippen molar-refractivity contribution in [2.75, 3.05) is 32.7 Å². The van der Waals surface area contributed by atoms with Gasteiger partial charge in [0.2, 0.25) is 0 Å². The SMILES string of the molecule is COc1cc(OC)c(NC(=O)COC(=O)CCCNC(=O)c2ccc(F)cc2F)cc1Cl. The number of benzene rings is 2. The zero-order chi connectivity index (χ0) is 23.7. The van der Waals surface area contributed by atoms with E-state index in [2.05, 4.69) is 10.6 Å². The third-order valence-corrected chi connectivity index (χ3v) is 4.43. The van der Waals surface area contributed by atoms with Crippen molar-refractivity contribution < 1.29 is 37.4 Å². The fourth-order valence-electron chi connectivity index (χ4n) is 2.57. The van der Waals surface area contributed by atoms with Gasteiger partial charge in [0, 0.05) is 25.1 Å². The molecule has 0 spiro atoms. The largest absolute Gasteiger partial charge is 0.495 e. The number of hydrogen-bond acceptors (Lipinski definition) is 6. The Hall–Kier alpha value is -3.40. The summed E-state index contributed by atoms with van der Waals surface area (Å²) in [6.07, 6.45) is 0.105. The molecule has 2 amide bonds. The van der Waals surface area contributed by atoms with Crippen molar-refractivity contribution in [3.63, 3.8) is 0 Å². The van der Waals surface area contributed by atoms with E-state index in [1.54, 1.807) is 0 Å². The molecule has 0 radical (unpaired) electrons. The molecule has 172 valence electrons. The Bertz CT molecular complexity index is 1000. The fraction of sp³-hybridized carbons (Fsp3) is 0.286. The number of carbonyl (C=O) groups excluding carboxylic acids is 3. The summed E-state index contributed by atoms with van der Waals surface area (Å²) in [4.78, 5) is 35.7. The van der Waals surface area contributed by atoms with E-state index >= 15 is 0 Å². The van der Waals surface area contributed by atoms with E-state index in [-0.39, 0.29) is 35.7 Å². The molecule has 2 rings (SSSR count). The summed E-state index contributed by atoms with van der Waals surface area (Å²) in [7, 11) is 2.84. The first-order chi connectivity index (χ1) is 15.2. The van der Waals surface area contributed by atoms with Crippen molar-refractivity contribution >= 4 is 35.1 Å². The highest BCUT2D eigenvalue weighted by molar-refractivity contribution is 6.32. The van der Waals surface area contributed by atoms with Crippen LogP contribution < -0.4 is 20.1 Å². The number of ether oxygens (including phenoxy) is 3. The Kier molecular flexibility index (Phi) is 9.21. The van der Waals surface area contributed by atoms with Crippen molar-refractivity contribution in [3.8, 4) is 11.5 Å². The molecule has 32 heavy (non-hydrogen) atoms. The third kappa shape index (κ3) is 7.09. The topological polar surface area (TPSA) is 103 Å². The maximum atomic E-state index is 13.5. The predicted octanol–water partition coefficient (Wildman–Crippen LogP) is 3.33. The Morgan fingerprint density at radius 2 is 1.75 bits per heavy atom. The molecule has 2 aromatic carbocycles. The standard InChI is InChI=1S/C21H21ClF2N2O6/c1-30-17-10-18(31-2)16(9-14(17)22)26-19(27)11-32-20(28)4-3-7-25-21(29)13-6-5-12(23)8-15(13)24/h5-6,8-10H,3-4,7,11H2,1-2H3,(H,25,29)(H,26,27). The van der Waals surface area contributed by atoms with Crippen molar-refractivity contribution in [1.82, 2.24) is 5.32 Å². The minimum atomic E-state index is -0.984. The quantitative estimate of drug-likeness (QED) is 0.408. The zero-order valence-electron chi connectivity index (χ0n) is 17.3. The van der Waals surface area contributed by atoms with E-state index in [0.29, 0.717) is 17.6 Å². The molecule has 0 heterocycles. The summed E-state index contributed by atoms with van der Waals surface area (Å²) in [6.45, 7) is -0.489. The molecule has 0 unspecified atom stereocenters. The lowest BCUT2D eigenvalue weighted by Gasteiger charge is -2.13. The van der Waals surface area contributed by atoms with Crippen LogP contribution in [0.25, 0.3) is 0 Å². The first kappa shape index (κ1) is 24.9. The van der Waals surface area contributed by atoms with Crippen LogP contribution in [0.2, 0.25) is 5.02 Å². The van der Waals surface area contributed by atoms with Crippen LogP contribution >= 0.6 is 11.6 Å². The Balaban J connectivity index is 1.73. The number of carbonyl (C=O) groups is 3. The van der Waals surface area contributed by atoms with Crippen molar-refractivity contribution in [1.29, 1.82) is 0 Å². The number of hydrogen-bond donors (Lipinski definition) is 2. The summed E-state index contributed by atoms with van der Waals surface area (Å²) >= 11 is 6.03. The van der Waals surface area contributed by atoms with E-state index in [9.17, 15) is 23.2 Å². The molecule has 0 aliphatic rings. The lowest BCUT2D eigenvalue weighted by Crippen LogP contribution is -2.26. The third-order valence-electron chi connectivity index (χ3n) is 4.13. The van der Waals surface area contributed by atoms with Gasteiger partial charge < -0.3 is 24.8 Å². The molecular weight excluding hydrogens is 450 g/mol. The molecule has 8 nitrogen and oxygen atoms in total. The van der Waals surface area contributed by atoms with Gasteiger partial charge in [-0.25, -0.2) is 8.78 Å². The molecule has 0 bridgehead atoms. The fourth-order valence-corrected chi connectivity index (χ4v) is 2.81. The lowest BCUT2D eigenvalue weighted by molar-refractivity contribution is -0.147. The second-order valence-corrected chi connectivity index (χ2v) is 6.79. The van der Waals surface area contributed by atoms with E-state index in [1.165, 1.54) is 26.4 Å². The molecule has 0 fully saturated rings. The first-order valence-corrected chi connectivity index (χ1v) is 9.73. The summed E-state index contributed by atoms with van der Waals surface area (Å²) < 4.78 is 41.5. The Labute approximate surface area is 187 Å². The van der Waals surface area contributed by atoms with Crippen molar-refractivity contribution in [2.24, 2.45) is 0 Å². The normalized spacial score (nSPS) is 10.3. The smallest absolute Gasteiger partial charge is 0.306 e. The van der Waals surface area contributed by atoms with Crippen LogP contribution in [0.3, 0.4) is 0 Å². The molecular formula is C21H21ClF2N2O6. The number of nitrogens with one attached hydrogen (secondary N) is 2. The second-order valence-electron chi connectivity index (χ2n) is 6.38. The van der Waals surface area contributed by atoms with Gasteiger partial charge in [-0.15, -0.1) is 0 Å². The van der Waals surface area contributed by atoms with Gasteiger partial charge in [-0.3, -0.25) is 14.4 Å². The van der Waals surface area contributed by atoms with Crippen LogP contribution in [-0.2, 0) is 14.3 Å². The minimum Gasteiger partial charge on any atom is -0.495 e. The average molecular weight is 471 g/mol. The van der Waals surface area contributed by atoms with Gasteiger partial charge in [-0.2, -0.15) is 0 Å². The van der Waals surface area contributed by atoms with Crippen LogP contribution in [0, 0.1) is 11.6 Å². The van der Waals surface area contributed by atoms with Gasteiger partial charge in [0.15, 0.2) is 6.61 Å². The number of rotatable bonds is 10. The first-order valence-electron chi connectivity index (χ1n) is 9.35. The molecule has 11 heteroatoms. The van der Waals surface area contributed by atoms with Crippen LogP contribution in [-0.4, -0.2) is 45.2 Å². The van der Waals surface area contributed by atoms with Crippen LogP contribution in [0.1, 0.15) is 23.2 Å². The Morgan fingerprint density at radius 1 is 1.03 bits per heavy atom. The van der Waals surface area contributed by atoms with Gasteiger partial charge in [0.1, 0.15) is 23.1 Å². The average Bonchev–Trinajstić information content (AvgIpc) is 2.75. The minimum absolute atomic E-state index is 0.0541. The molecule has 0 saturated heterocycles. The predicted molar refractivity (Wildman–Crippen MR) is 112 cm³/mol. The maximum Gasteiger partial charge on any atom is 0.306 e. The molecule has 0 aromatic heterocycles. The highest BCUT2D eigenvalue weighted by Crippen LogP contribution is 2.35. The summed E-state index contributed by atoms with van der Waals surface area (Å²) in [5, 5.41) is 5.19. The van der Waals surface area contributed by atoms with Crippen LogP contribution in [0.5, 0.6) is 11.5 Å². The Morgan fingerprint density at radius 3 is 2.41 bits per heavy atom. The highest BCUT2D eigenvalue weighted by atomic mass is 35.5. The second kappa shape index (κ2) is 11.8. The number of amides is 2. The number of esters is 1. The van der Waals surface area contributed by atoms with E-state index in [1.807, 2.05) is 0 Å². The zero-order valence-corrected chi connectivity index (χ0v) is 18.1. The molecule has 0 aliphatic heterocycles. The van der Waals surface area contributed by atoms with Gasteiger partial charge >= 0.3 is 5.97 Å². The van der Waals surface area contributed by atoms with E-state index < -0.39 is 36.0 Å².